The van der Waals surface area contributed by atoms with E-state index in [4.69, 9.17) is 0 Å². The molecule has 0 saturated heterocycles. The van der Waals surface area contributed by atoms with Gasteiger partial charge in [-0.15, -0.1) is 13.2 Å². The van der Waals surface area contributed by atoms with E-state index in [1.165, 1.54) is 6.33 Å². The number of hydrogen-bond acceptors (Lipinski definition) is 4. The third kappa shape index (κ3) is 2.78. The van der Waals surface area contributed by atoms with Gasteiger partial charge in [0.2, 0.25) is 0 Å². The molecule has 0 radical (unpaired) electrons. The third-order valence-electron chi connectivity index (χ3n) is 3.00. The van der Waals surface area contributed by atoms with Gasteiger partial charge in [0.25, 0.3) is 0 Å². The van der Waals surface area contributed by atoms with Crippen LogP contribution >= 0.6 is 0 Å². The largest absolute Gasteiger partial charge is 0.573 e. The highest BCUT2D eigenvalue weighted by molar-refractivity contribution is 5.93. The molecule has 0 saturated carbocycles. The van der Waals surface area contributed by atoms with Crippen LogP contribution in [0.15, 0.2) is 48.8 Å². The van der Waals surface area contributed by atoms with Gasteiger partial charge in [0.05, 0.1) is 11.2 Å². The Balaban J connectivity index is 2.16. The fraction of sp³-hybridized carbons (Fsp3) is 0.0667. The molecule has 4 nitrogen and oxygen atoms in total. The van der Waals surface area contributed by atoms with E-state index in [0.29, 0.717) is 16.6 Å². The first-order valence-corrected chi connectivity index (χ1v) is 6.23. The van der Waals surface area contributed by atoms with Crippen LogP contribution in [0, 0.1) is 0 Å². The van der Waals surface area contributed by atoms with Crippen molar-refractivity contribution in [3.8, 4) is 22.8 Å². The van der Waals surface area contributed by atoms with Crippen LogP contribution in [0.25, 0.3) is 22.2 Å². The summed E-state index contributed by atoms with van der Waals surface area (Å²) in [7, 11) is 0. The molecule has 0 atom stereocenters. The minimum absolute atomic E-state index is 0.139. The Morgan fingerprint density at radius 2 is 1.77 bits per heavy atom. The quantitative estimate of drug-likeness (QED) is 0.780. The first kappa shape index (κ1) is 14.1. The molecule has 2 aromatic carbocycles. The van der Waals surface area contributed by atoms with Crippen molar-refractivity contribution < 1.29 is 23.0 Å². The molecular weight excluding hydrogens is 297 g/mol. The molecule has 3 rings (SSSR count). The van der Waals surface area contributed by atoms with Crippen molar-refractivity contribution in [2.45, 2.75) is 6.36 Å². The molecule has 0 unspecified atom stereocenters. The zero-order chi connectivity index (χ0) is 15.7. The van der Waals surface area contributed by atoms with E-state index in [1.807, 2.05) is 0 Å². The maximum atomic E-state index is 12.3. The molecule has 22 heavy (non-hydrogen) atoms. The summed E-state index contributed by atoms with van der Waals surface area (Å²) in [5, 5.41) is 10.6. The molecule has 0 amide bonds. The van der Waals surface area contributed by atoms with Crippen LogP contribution in [0.5, 0.6) is 11.5 Å². The van der Waals surface area contributed by atoms with Crippen molar-refractivity contribution in [1.82, 2.24) is 9.97 Å². The minimum Gasteiger partial charge on any atom is -0.507 e. The predicted molar refractivity (Wildman–Crippen MR) is 73.3 cm³/mol. The van der Waals surface area contributed by atoms with Gasteiger partial charge in [-0.3, -0.25) is 0 Å². The van der Waals surface area contributed by atoms with Crippen LogP contribution in [-0.2, 0) is 0 Å². The van der Waals surface area contributed by atoms with E-state index >= 15 is 0 Å². The topological polar surface area (TPSA) is 55.2 Å². The van der Waals surface area contributed by atoms with Gasteiger partial charge in [-0.25, -0.2) is 9.97 Å². The van der Waals surface area contributed by atoms with Crippen LogP contribution < -0.4 is 4.74 Å². The van der Waals surface area contributed by atoms with Crippen LogP contribution in [0.2, 0.25) is 0 Å². The molecule has 3 aromatic rings. The number of phenolic OH excluding ortho intramolecular Hbond substituents is 1. The van der Waals surface area contributed by atoms with E-state index in [-0.39, 0.29) is 11.3 Å². The molecule has 7 heteroatoms. The summed E-state index contributed by atoms with van der Waals surface area (Å²) in [6.07, 6.45) is -3.52. The maximum Gasteiger partial charge on any atom is 0.573 e. The van der Waals surface area contributed by atoms with E-state index in [1.54, 1.807) is 24.3 Å². The Hall–Kier alpha value is -2.83. The van der Waals surface area contributed by atoms with Gasteiger partial charge in [-0.2, -0.15) is 0 Å². The van der Waals surface area contributed by atoms with Crippen molar-refractivity contribution in [2.24, 2.45) is 0 Å². The Morgan fingerprint density at radius 3 is 2.55 bits per heavy atom. The van der Waals surface area contributed by atoms with Crippen LogP contribution in [0.3, 0.4) is 0 Å². The molecule has 0 fully saturated rings. The molecule has 0 aliphatic carbocycles. The van der Waals surface area contributed by atoms with Gasteiger partial charge >= 0.3 is 6.36 Å². The first-order valence-electron chi connectivity index (χ1n) is 6.23. The lowest BCUT2D eigenvalue weighted by Crippen LogP contribution is -2.17. The molecular formula is C15H9F3N2O2. The minimum atomic E-state index is -4.80. The number of benzene rings is 2. The molecule has 1 N–H and O–H groups in total. The average Bonchev–Trinajstić information content (AvgIpc) is 2.47. The highest BCUT2D eigenvalue weighted by atomic mass is 19.4. The summed E-state index contributed by atoms with van der Waals surface area (Å²) in [5.74, 6) is -0.624. The summed E-state index contributed by atoms with van der Waals surface area (Å²) in [5.41, 5.74) is 1.09. The second-order valence-electron chi connectivity index (χ2n) is 4.47. The van der Waals surface area contributed by atoms with Crippen LogP contribution in [0.4, 0.5) is 13.2 Å². The zero-order valence-electron chi connectivity index (χ0n) is 11.0. The SMILES string of the molecule is Oc1ccc(OC(F)(F)F)cc1-c1ncnc2ccccc12. The molecule has 0 bridgehead atoms. The number of para-hydroxylation sites is 1. The number of ether oxygens (including phenoxy) is 1. The number of alkyl halides is 3. The van der Waals surface area contributed by atoms with Crippen molar-refractivity contribution in [1.29, 1.82) is 0 Å². The Kier molecular flexibility index (Phi) is 3.32. The number of aromatic nitrogens is 2. The lowest BCUT2D eigenvalue weighted by molar-refractivity contribution is -0.274. The smallest absolute Gasteiger partial charge is 0.507 e. The van der Waals surface area contributed by atoms with Crippen molar-refractivity contribution in [2.75, 3.05) is 0 Å². The van der Waals surface area contributed by atoms with E-state index in [0.717, 1.165) is 18.2 Å². The molecule has 0 aliphatic heterocycles. The van der Waals surface area contributed by atoms with Crippen LogP contribution in [-0.4, -0.2) is 21.4 Å². The van der Waals surface area contributed by atoms with Gasteiger partial charge in [0.15, 0.2) is 0 Å². The standard InChI is InChI=1S/C15H9F3N2O2/c16-15(17,18)22-9-5-6-13(21)11(7-9)14-10-3-1-2-4-12(10)19-8-20-14/h1-8,21H. The van der Waals surface area contributed by atoms with Gasteiger partial charge in [0, 0.05) is 10.9 Å². The number of phenols is 1. The molecule has 112 valence electrons. The normalized spacial score (nSPS) is 11.6. The van der Waals surface area contributed by atoms with Gasteiger partial charge in [-0.1, -0.05) is 18.2 Å². The fourth-order valence-corrected chi connectivity index (χ4v) is 2.12. The van der Waals surface area contributed by atoms with E-state index < -0.39 is 12.1 Å². The molecule has 1 aromatic heterocycles. The number of fused-ring (bicyclic) bond motifs is 1. The Bertz CT molecular complexity index is 829. The monoisotopic (exact) mass is 306 g/mol. The Labute approximate surface area is 122 Å². The highest BCUT2D eigenvalue weighted by Crippen LogP contribution is 2.36. The van der Waals surface area contributed by atoms with Gasteiger partial charge < -0.3 is 9.84 Å². The lowest BCUT2D eigenvalue weighted by Gasteiger charge is -2.12. The molecule has 1 heterocycles. The molecule has 0 aliphatic rings. The second-order valence-corrected chi connectivity index (χ2v) is 4.47. The van der Waals surface area contributed by atoms with E-state index in [2.05, 4.69) is 14.7 Å². The number of nitrogens with zero attached hydrogens (tertiary/aromatic N) is 2. The van der Waals surface area contributed by atoms with Gasteiger partial charge in [-0.05, 0) is 24.3 Å². The summed E-state index contributed by atoms with van der Waals surface area (Å²) in [6, 6.07) is 10.3. The van der Waals surface area contributed by atoms with Crippen molar-refractivity contribution >= 4 is 10.9 Å². The number of halogens is 3. The summed E-state index contributed by atoms with van der Waals surface area (Å²) in [4.78, 5) is 8.14. The second kappa shape index (κ2) is 5.18. The number of hydrogen-bond donors (Lipinski definition) is 1. The fourth-order valence-electron chi connectivity index (χ4n) is 2.12. The highest BCUT2D eigenvalue weighted by Gasteiger charge is 2.31. The van der Waals surface area contributed by atoms with Gasteiger partial charge in [0.1, 0.15) is 17.8 Å². The molecule has 0 spiro atoms. The maximum absolute atomic E-state index is 12.3. The number of rotatable bonds is 2. The third-order valence-corrected chi connectivity index (χ3v) is 3.00. The summed E-state index contributed by atoms with van der Waals surface area (Å²) in [6.45, 7) is 0. The summed E-state index contributed by atoms with van der Waals surface area (Å²) < 4.78 is 40.8. The Morgan fingerprint density at radius 1 is 1.00 bits per heavy atom. The van der Waals surface area contributed by atoms with Crippen molar-refractivity contribution in [3.63, 3.8) is 0 Å². The average molecular weight is 306 g/mol. The lowest BCUT2D eigenvalue weighted by atomic mass is 10.1. The van der Waals surface area contributed by atoms with Crippen LogP contribution in [0.1, 0.15) is 0 Å². The zero-order valence-corrected chi connectivity index (χ0v) is 11.0. The predicted octanol–water partition coefficient (Wildman–Crippen LogP) is 3.90. The number of aromatic hydroxyl groups is 1. The summed E-state index contributed by atoms with van der Waals surface area (Å²) >= 11 is 0. The first-order chi connectivity index (χ1) is 10.4. The van der Waals surface area contributed by atoms with E-state index in [9.17, 15) is 18.3 Å². The van der Waals surface area contributed by atoms with Crippen molar-refractivity contribution in [3.05, 3.63) is 48.8 Å².